The molecule has 0 aliphatic heterocycles. The molecule has 4 heteroatoms. The summed E-state index contributed by atoms with van der Waals surface area (Å²) in [7, 11) is 2.74. The van der Waals surface area contributed by atoms with Crippen LogP contribution in [0.15, 0.2) is 42.5 Å². The molecule has 2 rings (SSSR count). The fourth-order valence-electron chi connectivity index (χ4n) is 1.68. The number of likely N-dealkylation sites (N-methyl/N-ethyl adjacent to an activating group) is 1. The molecular formula is C14H13NO3. The Morgan fingerprint density at radius 1 is 1.06 bits per heavy atom. The topological polar surface area (TPSA) is 46.6 Å². The van der Waals surface area contributed by atoms with E-state index < -0.39 is 11.7 Å². The Kier molecular flexibility index (Phi) is 3.39. The highest BCUT2D eigenvalue weighted by molar-refractivity contribution is 6.42. The van der Waals surface area contributed by atoms with Crippen LogP contribution < -0.4 is 0 Å². The summed E-state index contributed by atoms with van der Waals surface area (Å²) in [5, 5.41) is 2.87. The summed E-state index contributed by atoms with van der Waals surface area (Å²) >= 11 is 0. The predicted octanol–water partition coefficient (Wildman–Crippen LogP) is 2.04. The summed E-state index contributed by atoms with van der Waals surface area (Å²) in [6.07, 6.45) is 0. The van der Waals surface area contributed by atoms with Crippen molar-refractivity contribution in [2.45, 2.75) is 0 Å². The third-order valence-electron chi connectivity index (χ3n) is 2.77. The molecule has 0 fully saturated rings. The molecule has 0 radical (unpaired) electrons. The van der Waals surface area contributed by atoms with E-state index in [4.69, 9.17) is 4.84 Å². The maximum atomic E-state index is 11.9. The smallest absolute Gasteiger partial charge is 0.283 e. The van der Waals surface area contributed by atoms with Crippen LogP contribution in [0.2, 0.25) is 0 Å². The standard InChI is InChI=1S/C14H13NO3/c1-15(18-2)14(17)13(16)12-8-7-10-5-3-4-6-11(10)9-12/h3-9H,1-2H3. The molecule has 1 amide bonds. The zero-order chi connectivity index (χ0) is 13.1. The Morgan fingerprint density at radius 3 is 2.39 bits per heavy atom. The molecule has 18 heavy (non-hydrogen) atoms. The van der Waals surface area contributed by atoms with Crippen molar-refractivity contribution in [3.63, 3.8) is 0 Å². The van der Waals surface area contributed by atoms with Crippen LogP contribution in [0.3, 0.4) is 0 Å². The lowest BCUT2D eigenvalue weighted by Gasteiger charge is -2.12. The Balaban J connectivity index is 2.36. The zero-order valence-corrected chi connectivity index (χ0v) is 10.2. The number of ketones is 1. The van der Waals surface area contributed by atoms with Crippen LogP contribution in [0, 0.1) is 0 Å². The minimum absolute atomic E-state index is 0.364. The van der Waals surface area contributed by atoms with Crippen LogP contribution in [-0.2, 0) is 9.63 Å². The first kappa shape index (κ1) is 12.3. The van der Waals surface area contributed by atoms with Crippen molar-refractivity contribution in [2.24, 2.45) is 0 Å². The van der Waals surface area contributed by atoms with Gasteiger partial charge in [0.05, 0.1) is 7.11 Å². The van der Waals surface area contributed by atoms with Gasteiger partial charge in [-0.15, -0.1) is 0 Å². The van der Waals surface area contributed by atoms with E-state index in [1.54, 1.807) is 12.1 Å². The molecule has 0 bridgehead atoms. The summed E-state index contributed by atoms with van der Waals surface area (Å²) in [6, 6.07) is 12.8. The van der Waals surface area contributed by atoms with Crippen molar-refractivity contribution < 1.29 is 14.4 Å². The lowest BCUT2D eigenvalue weighted by molar-refractivity contribution is -0.162. The number of carbonyl (C=O) groups excluding carboxylic acids is 2. The highest BCUT2D eigenvalue weighted by Crippen LogP contribution is 2.16. The number of hydrogen-bond acceptors (Lipinski definition) is 3. The SMILES string of the molecule is CON(C)C(=O)C(=O)c1ccc2ccccc2c1. The van der Waals surface area contributed by atoms with Crippen molar-refractivity contribution in [3.8, 4) is 0 Å². The molecule has 0 aliphatic rings. The van der Waals surface area contributed by atoms with E-state index in [-0.39, 0.29) is 0 Å². The van der Waals surface area contributed by atoms with E-state index in [0.29, 0.717) is 5.56 Å². The zero-order valence-electron chi connectivity index (χ0n) is 10.2. The van der Waals surface area contributed by atoms with Gasteiger partial charge in [0.15, 0.2) is 0 Å². The molecule has 0 N–H and O–H groups in total. The lowest BCUT2D eigenvalue weighted by Crippen LogP contribution is -2.32. The number of hydrogen-bond donors (Lipinski definition) is 0. The largest absolute Gasteiger partial charge is 0.318 e. The second-order valence-electron chi connectivity index (χ2n) is 3.88. The van der Waals surface area contributed by atoms with Crippen LogP contribution >= 0.6 is 0 Å². The first-order valence-electron chi connectivity index (χ1n) is 5.49. The van der Waals surface area contributed by atoms with Gasteiger partial charge in [-0.3, -0.25) is 14.4 Å². The van der Waals surface area contributed by atoms with Crippen molar-refractivity contribution in [1.82, 2.24) is 5.06 Å². The fraction of sp³-hybridized carbons (Fsp3) is 0.143. The Bertz CT molecular complexity index is 607. The second kappa shape index (κ2) is 4.98. The minimum atomic E-state index is -0.687. The van der Waals surface area contributed by atoms with Gasteiger partial charge in [0.2, 0.25) is 0 Å². The third kappa shape index (κ3) is 2.24. The van der Waals surface area contributed by atoms with Gasteiger partial charge in [-0.1, -0.05) is 36.4 Å². The van der Waals surface area contributed by atoms with Gasteiger partial charge in [0.1, 0.15) is 0 Å². The second-order valence-corrected chi connectivity index (χ2v) is 3.88. The Hall–Kier alpha value is -2.20. The predicted molar refractivity (Wildman–Crippen MR) is 68.1 cm³/mol. The van der Waals surface area contributed by atoms with Gasteiger partial charge in [-0.25, -0.2) is 5.06 Å². The molecule has 0 unspecified atom stereocenters. The van der Waals surface area contributed by atoms with Crippen molar-refractivity contribution in [3.05, 3.63) is 48.0 Å². The summed E-state index contributed by atoms with van der Waals surface area (Å²) < 4.78 is 0. The van der Waals surface area contributed by atoms with E-state index in [1.165, 1.54) is 14.2 Å². The van der Waals surface area contributed by atoms with Gasteiger partial charge in [0, 0.05) is 12.6 Å². The molecule has 0 aromatic heterocycles. The van der Waals surface area contributed by atoms with Crippen LogP contribution in [-0.4, -0.2) is 30.9 Å². The summed E-state index contributed by atoms with van der Waals surface area (Å²) in [5.41, 5.74) is 0.364. The molecule has 0 atom stereocenters. The van der Waals surface area contributed by atoms with E-state index in [2.05, 4.69) is 0 Å². The van der Waals surface area contributed by atoms with Gasteiger partial charge in [-0.05, 0) is 16.8 Å². The molecule has 0 saturated heterocycles. The minimum Gasteiger partial charge on any atom is -0.283 e. The van der Waals surface area contributed by atoms with Crippen molar-refractivity contribution >= 4 is 22.5 Å². The molecular weight excluding hydrogens is 230 g/mol. The quantitative estimate of drug-likeness (QED) is 0.471. The van der Waals surface area contributed by atoms with Gasteiger partial charge in [0.25, 0.3) is 5.78 Å². The number of amides is 1. The number of benzene rings is 2. The van der Waals surface area contributed by atoms with E-state index >= 15 is 0 Å². The summed E-state index contributed by atoms with van der Waals surface area (Å²) in [6.45, 7) is 0. The number of fused-ring (bicyclic) bond motifs is 1. The molecule has 0 spiro atoms. The third-order valence-corrected chi connectivity index (χ3v) is 2.77. The molecule has 4 nitrogen and oxygen atoms in total. The van der Waals surface area contributed by atoms with E-state index in [1.807, 2.05) is 30.3 Å². The maximum Gasteiger partial charge on any atom is 0.318 e. The van der Waals surface area contributed by atoms with Gasteiger partial charge in [-0.2, -0.15) is 0 Å². The average molecular weight is 243 g/mol. The average Bonchev–Trinajstić information content (AvgIpc) is 2.44. The van der Waals surface area contributed by atoms with Crippen LogP contribution in [0.4, 0.5) is 0 Å². The van der Waals surface area contributed by atoms with Crippen LogP contribution in [0.5, 0.6) is 0 Å². The monoisotopic (exact) mass is 243 g/mol. The molecule has 2 aromatic carbocycles. The van der Waals surface area contributed by atoms with Gasteiger partial charge < -0.3 is 0 Å². The summed E-state index contributed by atoms with van der Waals surface area (Å²) in [4.78, 5) is 28.3. The fourth-order valence-corrected chi connectivity index (χ4v) is 1.68. The Labute approximate surface area is 105 Å². The van der Waals surface area contributed by atoms with Crippen molar-refractivity contribution in [1.29, 1.82) is 0 Å². The van der Waals surface area contributed by atoms with Crippen molar-refractivity contribution in [2.75, 3.05) is 14.2 Å². The molecule has 0 aliphatic carbocycles. The first-order valence-corrected chi connectivity index (χ1v) is 5.49. The molecule has 0 saturated carbocycles. The maximum absolute atomic E-state index is 11.9. The highest BCUT2D eigenvalue weighted by atomic mass is 16.7. The van der Waals surface area contributed by atoms with Gasteiger partial charge >= 0.3 is 5.91 Å². The normalized spacial score (nSPS) is 10.3. The number of rotatable bonds is 3. The van der Waals surface area contributed by atoms with Crippen LogP contribution in [0.25, 0.3) is 10.8 Å². The number of Topliss-reactive ketones (excluding diaryl/α,β-unsaturated/α-hetero) is 1. The number of nitrogens with zero attached hydrogens (tertiary/aromatic N) is 1. The number of hydroxylamine groups is 2. The van der Waals surface area contributed by atoms with Crippen LogP contribution in [0.1, 0.15) is 10.4 Å². The van der Waals surface area contributed by atoms with E-state index in [0.717, 1.165) is 15.8 Å². The lowest BCUT2D eigenvalue weighted by atomic mass is 10.0. The molecule has 92 valence electrons. The highest BCUT2D eigenvalue weighted by Gasteiger charge is 2.20. The Morgan fingerprint density at radius 2 is 1.72 bits per heavy atom. The first-order chi connectivity index (χ1) is 8.63. The van der Waals surface area contributed by atoms with E-state index in [9.17, 15) is 9.59 Å². The number of carbonyl (C=O) groups is 2. The summed E-state index contributed by atoms with van der Waals surface area (Å²) in [5.74, 6) is -1.27. The molecule has 0 heterocycles. The molecule has 2 aromatic rings.